The summed E-state index contributed by atoms with van der Waals surface area (Å²) in [6.07, 6.45) is 0.676. The van der Waals surface area contributed by atoms with Crippen LogP contribution in [0, 0.1) is 11.6 Å². The predicted octanol–water partition coefficient (Wildman–Crippen LogP) is 2.54. The normalized spacial score (nSPS) is 26.2. The first-order valence-electron chi connectivity index (χ1n) is 3.99. The van der Waals surface area contributed by atoms with Crippen molar-refractivity contribution in [3.63, 3.8) is 0 Å². The van der Waals surface area contributed by atoms with Crippen LogP contribution in [0.2, 0.25) is 0 Å². The molecule has 70 valence electrons. The van der Waals surface area contributed by atoms with Crippen molar-refractivity contribution < 1.29 is 8.78 Å². The SMILES string of the molecule is NC1CC1c1c(F)cc(Br)cc1F. The molecule has 2 rings (SSSR count). The van der Waals surface area contributed by atoms with E-state index < -0.39 is 11.6 Å². The minimum atomic E-state index is -0.509. The fourth-order valence-corrected chi connectivity index (χ4v) is 1.86. The molecule has 0 spiro atoms. The summed E-state index contributed by atoms with van der Waals surface area (Å²) in [5.41, 5.74) is 5.66. The van der Waals surface area contributed by atoms with Crippen molar-refractivity contribution in [2.75, 3.05) is 0 Å². The third-order valence-electron chi connectivity index (χ3n) is 2.25. The van der Waals surface area contributed by atoms with Crippen LogP contribution in [0.1, 0.15) is 17.9 Å². The van der Waals surface area contributed by atoms with Gasteiger partial charge in [0.05, 0.1) is 0 Å². The first-order valence-corrected chi connectivity index (χ1v) is 4.79. The van der Waals surface area contributed by atoms with Crippen molar-refractivity contribution >= 4 is 15.9 Å². The number of rotatable bonds is 1. The van der Waals surface area contributed by atoms with Crippen molar-refractivity contribution in [1.82, 2.24) is 0 Å². The summed E-state index contributed by atoms with van der Waals surface area (Å²) in [4.78, 5) is 0. The summed E-state index contributed by atoms with van der Waals surface area (Å²) < 4.78 is 26.9. The zero-order chi connectivity index (χ0) is 9.59. The Balaban J connectivity index is 2.45. The van der Waals surface area contributed by atoms with Gasteiger partial charge in [0.25, 0.3) is 0 Å². The quantitative estimate of drug-likeness (QED) is 0.811. The van der Waals surface area contributed by atoms with Crippen LogP contribution in [0.3, 0.4) is 0 Å². The molecule has 0 aliphatic heterocycles. The second-order valence-corrected chi connectivity index (χ2v) is 4.20. The monoisotopic (exact) mass is 247 g/mol. The van der Waals surface area contributed by atoms with E-state index in [1.165, 1.54) is 12.1 Å². The van der Waals surface area contributed by atoms with E-state index in [2.05, 4.69) is 15.9 Å². The standard InChI is InChI=1S/C9H8BrF2N/c10-4-1-6(11)9(7(12)2-4)5-3-8(5)13/h1-2,5,8H,3,13H2. The van der Waals surface area contributed by atoms with E-state index in [0.29, 0.717) is 10.9 Å². The van der Waals surface area contributed by atoms with E-state index >= 15 is 0 Å². The molecule has 4 heteroatoms. The molecule has 0 saturated heterocycles. The smallest absolute Gasteiger partial charge is 0.130 e. The first kappa shape index (κ1) is 9.09. The van der Waals surface area contributed by atoms with Gasteiger partial charge >= 0.3 is 0 Å². The third kappa shape index (κ3) is 1.60. The minimum Gasteiger partial charge on any atom is -0.327 e. The Hall–Kier alpha value is -0.480. The number of hydrogen-bond acceptors (Lipinski definition) is 1. The third-order valence-corrected chi connectivity index (χ3v) is 2.71. The average molecular weight is 248 g/mol. The van der Waals surface area contributed by atoms with E-state index in [9.17, 15) is 8.78 Å². The maximum absolute atomic E-state index is 13.2. The van der Waals surface area contributed by atoms with Crippen LogP contribution >= 0.6 is 15.9 Å². The molecule has 13 heavy (non-hydrogen) atoms. The lowest BCUT2D eigenvalue weighted by molar-refractivity contribution is 0.554. The van der Waals surface area contributed by atoms with Gasteiger partial charge in [0.2, 0.25) is 0 Å². The molecular weight excluding hydrogens is 240 g/mol. The molecular formula is C9H8BrF2N. The molecule has 1 saturated carbocycles. The molecule has 1 aliphatic rings. The molecule has 1 nitrogen and oxygen atoms in total. The number of nitrogens with two attached hydrogens (primary N) is 1. The number of benzene rings is 1. The van der Waals surface area contributed by atoms with Crippen LogP contribution in [0.5, 0.6) is 0 Å². The minimum absolute atomic E-state index is 0.0785. The Morgan fingerprint density at radius 1 is 1.31 bits per heavy atom. The highest BCUT2D eigenvalue weighted by Gasteiger charge is 2.38. The van der Waals surface area contributed by atoms with Crippen LogP contribution < -0.4 is 5.73 Å². The van der Waals surface area contributed by atoms with Gasteiger partial charge in [-0.1, -0.05) is 15.9 Å². The van der Waals surface area contributed by atoms with Crippen LogP contribution in [-0.2, 0) is 0 Å². The molecule has 2 atom stereocenters. The second-order valence-electron chi connectivity index (χ2n) is 3.29. The molecule has 1 aromatic rings. The van der Waals surface area contributed by atoms with Crippen molar-refractivity contribution in [3.05, 3.63) is 33.8 Å². The molecule has 0 radical (unpaired) electrons. The van der Waals surface area contributed by atoms with Gasteiger partial charge in [-0.2, -0.15) is 0 Å². The van der Waals surface area contributed by atoms with E-state index in [1.807, 2.05) is 0 Å². The van der Waals surface area contributed by atoms with Crippen molar-refractivity contribution in [1.29, 1.82) is 0 Å². The van der Waals surface area contributed by atoms with Crippen molar-refractivity contribution in [2.45, 2.75) is 18.4 Å². The molecule has 2 N–H and O–H groups in total. The Morgan fingerprint density at radius 2 is 1.77 bits per heavy atom. The van der Waals surface area contributed by atoms with E-state index in [-0.39, 0.29) is 17.5 Å². The number of hydrogen-bond donors (Lipinski definition) is 1. The Kier molecular flexibility index (Phi) is 2.12. The zero-order valence-corrected chi connectivity index (χ0v) is 8.31. The molecule has 0 heterocycles. The predicted molar refractivity (Wildman–Crippen MR) is 49.4 cm³/mol. The second kappa shape index (κ2) is 3.03. The summed E-state index contributed by atoms with van der Waals surface area (Å²) in [7, 11) is 0. The zero-order valence-electron chi connectivity index (χ0n) is 6.73. The summed E-state index contributed by atoms with van der Waals surface area (Å²) >= 11 is 3.02. The van der Waals surface area contributed by atoms with Gasteiger partial charge in [0.1, 0.15) is 11.6 Å². The van der Waals surface area contributed by atoms with Gasteiger partial charge in [0.15, 0.2) is 0 Å². The highest BCUT2D eigenvalue weighted by Crippen LogP contribution is 2.42. The van der Waals surface area contributed by atoms with E-state index in [0.717, 1.165) is 0 Å². The van der Waals surface area contributed by atoms with Crippen LogP contribution in [0.25, 0.3) is 0 Å². The molecule has 1 fully saturated rings. The molecule has 1 aromatic carbocycles. The highest BCUT2D eigenvalue weighted by atomic mass is 79.9. The first-order chi connectivity index (χ1) is 6.09. The molecule has 1 aliphatic carbocycles. The Bertz CT molecular complexity index is 330. The molecule has 2 unspecified atom stereocenters. The van der Waals surface area contributed by atoms with Gasteiger partial charge in [-0.3, -0.25) is 0 Å². The highest BCUT2D eigenvalue weighted by molar-refractivity contribution is 9.10. The lowest BCUT2D eigenvalue weighted by Gasteiger charge is -2.03. The van der Waals surface area contributed by atoms with Crippen LogP contribution in [0.4, 0.5) is 8.78 Å². The lowest BCUT2D eigenvalue weighted by atomic mass is 10.1. The van der Waals surface area contributed by atoms with Gasteiger partial charge in [-0.25, -0.2) is 8.78 Å². The average Bonchev–Trinajstić information content (AvgIpc) is 2.64. The van der Waals surface area contributed by atoms with Gasteiger partial charge in [0, 0.05) is 22.0 Å². The largest absolute Gasteiger partial charge is 0.327 e. The van der Waals surface area contributed by atoms with Gasteiger partial charge in [-0.05, 0) is 18.6 Å². The van der Waals surface area contributed by atoms with Gasteiger partial charge in [-0.15, -0.1) is 0 Å². The summed E-state index contributed by atoms with van der Waals surface area (Å²) in [6.45, 7) is 0. The fraction of sp³-hybridized carbons (Fsp3) is 0.333. The summed E-state index contributed by atoms with van der Waals surface area (Å²) in [6, 6.07) is 2.46. The topological polar surface area (TPSA) is 26.0 Å². The molecule has 0 amide bonds. The maximum Gasteiger partial charge on any atom is 0.130 e. The molecule has 0 aromatic heterocycles. The molecule has 0 bridgehead atoms. The van der Waals surface area contributed by atoms with Crippen molar-refractivity contribution in [2.24, 2.45) is 5.73 Å². The van der Waals surface area contributed by atoms with Gasteiger partial charge < -0.3 is 5.73 Å². The number of halogens is 3. The van der Waals surface area contributed by atoms with Crippen molar-refractivity contribution in [3.8, 4) is 0 Å². The fourth-order valence-electron chi connectivity index (χ4n) is 1.45. The summed E-state index contributed by atoms with van der Waals surface area (Å²) in [5.74, 6) is -1.15. The van der Waals surface area contributed by atoms with Crippen LogP contribution in [-0.4, -0.2) is 6.04 Å². The Morgan fingerprint density at radius 3 is 2.15 bits per heavy atom. The Labute approximate surface area is 83.1 Å². The van der Waals surface area contributed by atoms with E-state index in [4.69, 9.17) is 5.73 Å². The van der Waals surface area contributed by atoms with E-state index in [1.54, 1.807) is 0 Å². The summed E-state index contributed by atoms with van der Waals surface area (Å²) in [5, 5.41) is 0. The van der Waals surface area contributed by atoms with Crippen LogP contribution in [0.15, 0.2) is 16.6 Å². The lowest BCUT2D eigenvalue weighted by Crippen LogP contribution is -2.04. The maximum atomic E-state index is 13.2.